The van der Waals surface area contributed by atoms with Crippen LogP contribution < -0.4 is 5.73 Å². The molecule has 0 aliphatic heterocycles. The number of benzene rings is 1. The first-order valence-corrected chi connectivity index (χ1v) is 3.86. The number of phenolic OH excluding ortho intramolecular Hbond substituents is 1. The molecular formula is C9H11NO3. The Hall–Kier alpha value is -1.55. The number of carboxylic acids is 1. The first-order chi connectivity index (χ1) is 6.11. The first kappa shape index (κ1) is 9.54. The Morgan fingerprint density at radius 3 is 2.62 bits per heavy atom. The average Bonchev–Trinajstić information content (AvgIpc) is 2.08. The van der Waals surface area contributed by atoms with Gasteiger partial charge >= 0.3 is 5.97 Å². The van der Waals surface area contributed by atoms with Crippen molar-refractivity contribution in [3.05, 3.63) is 29.8 Å². The summed E-state index contributed by atoms with van der Waals surface area (Å²) in [6.07, 6.45) is 0.141. The number of carbonyl (C=O) groups is 1. The van der Waals surface area contributed by atoms with Gasteiger partial charge in [0, 0.05) is 6.42 Å². The van der Waals surface area contributed by atoms with Crippen LogP contribution in [0.25, 0.3) is 0 Å². The maximum Gasteiger partial charge on any atom is 0.320 e. The third-order valence-electron chi connectivity index (χ3n) is 1.75. The van der Waals surface area contributed by atoms with Crippen molar-refractivity contribution in [2.75, 3.05) is 0 Å². The molecule has 4 N–H and O–H groups in total. The Morgan fingerprint density at radius 1 is 1.46 bits per heavy atom. The average molecular weight is 181 g/mol. The monoisotopic (exact) mass is 181 g/mol. The van der Waals surface area contributed by atoms with Crippen LogP contribution in [0.15, 0.2) is 24.3 Å². The van der Waals surface area contributed by atoms with Gasteiger partial charge in [-0.2, -0.15) is 0 Å². The largest absolute Gasteiger partial charge is 0.508 e. The fraction of sp³-hybridized carbons (Fsp3) is 0.222. The zero-order chi connectivity index (χ0) is 9.84. The summed E-state index contributed by atoms with van der Waals surface area (Å²) in [4.78, 5) is 10.4. The summed E-state index contributed by atoms with van der Waals surface area (Å²) in [6, 6.07) is 5.59. The molecule has 13 heavy (non-hydrogen) atoms. The molecular weight excluding hydrogens is 170 g/mol. The van der Waals surface area contributed by atoms with E-state index >= 15 is 0 Å². The van der Waals surface area contributed by atoms with Crippen molar-refractivity contribution in [3.63, 3.8) is 0 Å². The van der Waals surface area contributed by atoms with E-state index in [0.29, 0.717) is 5.56 Å². The molecule has 0 bridgehead atoms. The van der Waals surface area contributed by atoms with Gasteiger partial charge in [0.15, 0.2) is 0 Å². The Labute approximate surface area is 75.6 Å². The van der Waals surface area contributed by atoms with E-state index in [2.05, 4.69) is 0 Å². The van der Waals surface area contributed by atoms with Gasteiger partial charge in [0.1, 0.15) is 11.8 Å². The minimum Gasteiger partial charge on any atom is -0.508 e. The normalized spacial score (nSPS) is 12.4. The van der Waals surface area contributed by atoms with Gasteiger partial charge in [0.2, 0.25) is 0 Å². The Bertz CT molecular complexity index is 311. The summed E-state index contributed by atoms with van der Waals surface area (Å²) >= 11 is 0. The van der Waals surface area contributed by atoms with Crippen LogP contribution in [0.2, 0.25) is 0 Å². The number of aliphatic carboxylic acids is 1. The summed E-state index contributed by atoms with van der Waals surface area (Å²) in [5, 5.41) is 17.8. The lowest BCUT2D eigenvalue weighted by Gasteiger charge is -2.07. The van der Waals surface area contributed by atoms with Crippen LogP contribution in [0.5, 0.6) is 5.75 Å². The molecule has 70 valence electrons. The number of aromatic hydroxyl groups is 1. The van der Waals surface area contributed by atoms with E-state index < -0.39 is 12.0 Å². The lowest BCUT2D eigenvalue weighted by atomic mass is 10.1. The molecule has 4 heteroatoms. The van der Waals surface area contributed by atoms with Gasteiger partial charge in [-0.3, -0.25) is 4.79 Å². The van der Waals surface area contributed by atoms with Crippen LogP contribution in [0, 0.1) is 0 Å². The van der Waals surface area contributed by atoms with Crippen LogP contribution >= 0.6 is 0 Å². The lowest BCUT2D eigenvalue weighted by Crippen LogP contribution is -2.32. The second kappa shape index (κ2) is 3.91. The van der Waals surface area contributed by atoms with E-state index in [9.17, 15) is 9.90 Å². The highest BCUT2D eigenvalue weighted by atomic mass is 16.4. The van der Waals surface area contributed by atoms with Gasteiger partial charge in [-0.1, -0.05) is 18.2 Å². The lowest BCUT2D eigenvalue weighted by molar-refractivity contribution is -0.138. The molecule has 0 aliphatic rings. The van der Waals surface area contributed by atoms with E-state index in [0.717, 1.165) is 0 Å². The van der Waals surface area contributed by atoms with Crippen molar-refractivity contribution in [3.8, 4) is 5.75 Å². The zero-order valence-corrected chi connectivity index (χ0v) is 6.97. The van der Waals surface area contributed by atoms with E-state index in [1.807, 2.05) is 0 Å². The van der Waals surface area contributed by atoms with E-state index in [1.165, 1.54) is 6.07 Å². The van der Waals surface area contributed by atoms with E-state index in [4.69, 9.17) is 10.8 Å². The number of phenols is 1. The quantitative estimate of drug-likeness (QED) is 0.628. The van der Waals surface area contributed by atoms with Crippen molar-refractivity contribution in [2.45, 2.75) is 12.5 Å². The second-order valence-electron chi connectivity index (χ2n) is 2.78. The highest BCUT2D eigenvalue weighted by Crippen LogP contribution is 2.16. The first-order valence-electron chi connectivity index (χ1n) is 3.86. The summed E-state index contributed by atoms with van der Waals surface area (Å²) in [5.41, 5.74) is 5.86. The fourth-order valence-corrected chi connectivity index (χ4v) is 1.01. The highest BCUT2D eigenvalue weighted by Gasteiger charge is 2.13. The predicted molar refractivity (Wildman–Crippen MR) is 47.4 cm³/mol. The number of rotatable bonds is 3. The number of carboxylic acid groups (broad SMARTS) is 1. The zero-order valence-electron chi connectivity index (χ0n) is 6.97. The van der Waals surface area contributed by atoms with Crippen molar-refractivity contribution in [1.29, 1.82) is 0 Å². The van der Waals surface area contributed by atoms with Crippen molar-refractivity contribution in [2.24, 2.45) is 5.73 Å². The molecule has 1 aromatic carbocycles. The number of hydrogen-bond donors (Lipinski definition) is 3. The Morgan fingerprint density at radius 2 is 2.08 bits per heavy atom. The molecule has 0 amide bonds. The number of para-hydroxylation sites is 1. The number of hydrogen-bond acceptors (Lipinski definition) is 3. The molecule has 1 aromatic rings. The molecule has 0 aliphatic carbocycles. The van der Waals surface area contributed by atoms with Gasteiger partial charge in [0.05, 0.1) is 0 Å². The van der Waals surface area contributed by atoms with E-state index in [-0.39, 0.29) is 12.2 Å². The van der Waals surface area contributed by atoms with Crippen LogP contribution in [0.1, 0.15) is 5.56 Å². The van der Waals surface area contributed by atoms with Crippen molar-refractivity contribution < 1.29 is 15.0 Å². The van der Waals surface area contributed by atoms with Gasteiger partial charge in [-0.05, 0) is 11.6 Å². The van der Waals surface area contributed by atoms with Gasteiger partial charge in [0.25, 0.3) is 0 Å². The predicted octanol–water partition coefficient (Wildman–Crippen LogP) is 0.347. The van der Waals surface area contributed by atoms with Crippen LogP contribution in [-0.2, 0) is 11.2 Å². The molecule has 0 heterocycles. The molecule has 1 unspecified atom stereocenters. The Kier molecular flexibility index (Phi) is 2.87. The summed E-state index contributed by atoms with van der Waals surface area (Å²) < 4.78 is 0. The van der Waals surface area contributed by atoms with Crippen LogP contribution in [0.3, 0.4) is 0 Å². The molecule has 0 fully saturated rings. The SMILES string of the molecule is NC(Cc1ccccc1O)C(=O)O. The molecule has 1 rings (SSSR count). The maximum absolute atomic E-state index is 10.4. The molecule has 1 atom stereocenters. The van der Waals surface area contributed by atoms with Crippen LogP contribution in [-0.4, -0.2) is 22.2 Å². The third kappa shape index (κ3) is 2.45. The van der Waals surface area contributed by atoms with Gasteiger partial charge in [-0.25, -0.2) is 0 Å². The highest BCUT2D eigenvalue weighted by molar-refractivity contribution is 5.73. The van der Waals surface area contributed by atoms with Gasteiger partial charge in [-0.15, -0.1) is 0 Å². The summed E-state index contributed by atoms with van der Waals surface area (Å²) in [5.74, 6) is -0.984. The third-order valence-corrected chi connectivity index (χ3v) is 1.75. The number of nitrogens with two attached hydrogens (primary N) is 1. The molecule has 0 aromatic heterocycles. The Balaban J connectivity index is 2.74. The molecule has 0 saturated carbocycles. The second-order valence-corrected chi connectivity index (χ2v) is 2.78. The molecule has 4 nitrogen and oxygen atoms in total. The maximum atomic E-state index is 10.4. The summed E-state index contributed by atoms with van der Waals surface area (Å²) in [7, 11) is 0. The smallest absolute Gasteiger partial charge is 0.320 e. The molecule has 0 radical (unpaired) electrons. The van der Waals surface area contributed by atoms with Crippen molar-refractivity contribution >= 4 is 5.97 Å². The minimum atomic E-state index is -1.07. The molecule has 0 saturated heterocycles. The standard InChI is InChI=1S/C9H11NO3/c10-7(9(12)13)5-6-3-1-2-4-8(6)11/h1-4,7,11H,5,10H2,(H,12,13). The fourth-order valence-electron chi connectivity index (χ4n) is 1.01. The topological polar surface area (TPSA) is 83.5 Å². The summed E-state index contributed by atoms with van der Waals surface area (Å²) in [6.45, 7) is 0. The van der Waals surface area contributed by atoms with E-state index in [1.54, 1.807) is 18.2 Å². The van der Waals surface area contributed by atoms with Crippen molar-refractivity contribution in [1.82, 2.24) is 0 Å². The van der Waals surface area contributed by atoms with Gasteiger partial charge < -0.3 is 15.9 Å². The molecule has 0 spiro atoms. The minimum absolute atomic E-state index is 0.0826. The van der Waals surface area contributed by atoms with Crippen LogP contribution in [0.4, 0.5) is 0 Å².